The number of hydrogen-bond donors (Lipinski definition) is 1. The molecule has 4 rings (SSSR count). The van der Waals surface area contributed by atoms with Crippen molar-refractivity contribution < 1.29 is 9.53 Å². The molecule has 3 heterocycles. The summed E-state index contributed by atoms with van der Waals surface area (Å²) in [4.78, 5) is 18.4. The second kappa shape index (κ2) is 12.8. The van der Waals surface area contributed by atoms with Crippen LogP contribution in [0.15, 0.2) is 41.7 Å². The molecule has 0 radical (unpaired) electrons. The van der Waals surface area contributed by atoms with Crippen LogP contribution in [-0.4, -0.2) is 93.0 Å². The fourth-order valence-electron chi connectivity index (χ4n) is 3.42. The summed E-state index contributed by atoms with van der Waals surface area (Å²) in [6, 6.07) is 4.96. The first kappa shape index (κ1) is 24.5. The molecule has 2 saturated heterocycles. The standard InChI is InChI=1S/C12H15Cl2N3O.C10H16NOP/c1-16-4-6-17(7-5-16)12(18)15-9-2-3-10(13)11(14)8-9;1-2-10(9-13-7-1)8-11-3-5-12-6-4-11/h2-3,8H,4-7H2,1H3,(H,15,18);1-2,9,13H,3-8H2. The Hall–Kier alpha value is -1.14. The molecule has 6 nitrogen and oxygen atoms in total. The second-order valence-corrected chi connectivity index (χ2v) is 9.69. The maximum absolute atomic E-state index is 12.0. The van der Waals surface area contributed by atoms with Gasteiger partial charge in [-0.1, -0.05) is 49.8 Å². The van der Waals surface area contributed by atoms with E-state index in [0.29, 0.717) is 15.7 Å². The van der Waals surface area contributed by atoms with Crippen LogP contribution in [0.1, 0.15) is 0 Å². The molecule has 1 aromatic rings. The molecule has 31 heavy (non-hydrogen) atoms. The number of anilines is 1. The quantitative estimate of drug-likeness (QED) is 0.652. The van der Waals surface area contributed by atoms with Crippen LogP contribution in [0.25, 0.3) is 0 Å². The fraction of sp³-hybridized carbons (Fsp3) is 0.500. The van der Waals surface area contributed by atoms with Crippen LogP contribution in [0.2, 0.25) is 10.0 Å². The molecule has 3 aliphatic rings. The van der Waals surface area contributed by atoms with Crippen molar-refractivity contribution in [3.05, 3.63) is 51.8 Å². The number of nitrogens with zero attached hydrogens (tertiary/aromatic N) is 3. The highest BCUT2D eigenvalue weighted by Gasteiger charge is 2.19. The highest BCUT2D eigenvalue weighted by molar-refractivity contribution is 7.42. The minimum Gasteiger partial charge on any atom is -0.379 e. The molecule has 0 spiro atoms. The summed E-state index contributed by atoms with van der Waals surface area (Å²) in [5.74, 6) is 2.38. The summed E-state index contributed by atoms with van der Waals surface area (Å²) in [6.45, 7) is 8.38. The molecule has 0 aliphatic carbocycles. The molecule has 170 valence electrons. The average Bonchev–Trinajstić information content (AvgIpc) is 2.79. The Morgan fingerprint density at radius 2 is 1.84 bits per heavy atom. The number of piperazine rings is 1. The number of urea groups is 1. The third-order valence-electron chi connectivity index (χ3n) is 5.33. The van der Waals surface area contributed by atoms with Gasteiger partial charge in [-0.3, -0.25) is 4.90 Å². The van der Waals surface area contributed by atoms with Crippen LogP contribution >= 0.6 is 31.8 Å². The predicted molar refractivity (Wildman–Crippen MR) is 132 cm³/mol. The summed E-state index contributed by atoms with van der Waals surface area (Å²) >= 11 is 11.7. The zero-order valence-electron chi connectivity index (χ0n) is 17.9. The summed E-state index contributed by atoms with van der Waals surface area (Å²) in [7, 11) is 3.05. The lowest BCUT2D eigenvalue weighted by Gasteiger charge is -2.32. The first-order valence-corrected chi connectivity index (χ1v) is 12.6. The van der Waals surface area contributed by atoms with E-state index in [4.69, 9.17) is 27.9 Å². The molecular weight excluding hydrogens is 454 g/mol. The van der Waals surface area contributed by atoms with Crippen molar-refractivity contribution in [1.29, 1.82) is 0 Å². The molecule has 2 amide bonds. The zero-order chi connectivity index (χ0) is 22.1. The van der Waals surface area contributed by atoms with E-state index in [0.717, 1.165) is 67.6 Å². The van der Waals surface area contributed by atoms with Gasteiger partial charge in [-0.2, -0.15) is 0 Å². The molecule has 1 atom stereocenters. The Kier molecular flexibility index (Phi) is 10.1. The van der Waals surface area contributed by atoms with Gasteiger partial charge in [0.05, 0.1) is 23.3 Å². The third-order valence-corrected chi connectivity index (χ3v) is 7.11. The van der Waals surface area contributed by atoms with Crippen LogP contribution in [0, 0.1) is 0 Å². The maximum atomic E-state index is 12.0. The highest BCUT2D eigenvalue weighted by Crippen LogP contribution is 2.25. The number of benzene rings is 1. The van der Waals surface area contributed by atoms with Gasteiger partial charge in [0, 0.05) is 51.5 Å². The normalized spacial score (nSPS) is 20.7. The lowest BCUT2D eigenvalue weighted by molar-refractivity contribution is 0.0426. The molecule has 1 unspecified atom stereocenters. The Morgan fingerprint density at radius 1 is 1.10 bits per heavy atom. The van der Waals surface area contributed by atoms with Gasteiger partial charge in [0.2, 0.25) is 0 Å². The van der Waals surface area contributed by atoms with Crippen LogP contribution in [0.3, 0.4) is 0 Å². The molecule has 3 aliphatic heterocycles. The number of allylic oxidation sites excluding steroid dienone is 1. The Bertz CT molecular complexity index is 792. The minimum atomic E-state index is -0.0958. The van der Waals surface area contributed by atoms with Crippen molar-refractivity contribution in [2.75, 3.05) is 77.6 Å². The van der Waals surface area contributed by atoms with E-state index in [1.807, 2.05) is 7.05 Å². The van der Waals surface area contributed by atoms with Crippen LogP contribution in [0.5, 0.6) is 0 Å². The number of amides is 2. The van der Waals surface area contributed by atoms with Crippen LogP contribution in [-0.2, 0) is 4.74 Å². The van der Waals surface area contributed by atoms with E-state index in [2.05, 4.69) is 33.1 Å². The first-order chi connectivity index (χ1) is 15.0. The van der Waals surface area contributed by atoms with Crippen molar-refractivity contribution in [3.63, 3.8) is 0 Å². The van der Waals surface area contributed by atoms with E-state index < -0.39 is 0 Å². The van der Waals surface area contributed by atoms with Gasteiger partial charge in [0.1, 0.15) is 0 Å². The van der Waals surface area contributed by atoms with E-state index in [9.17, 15) is 4.79 Å². The van der Waals surface area contributed by atoms with Gasteiger partial charge in [0.15, 0.2) is 0 Å². The molecule has 2 fully saturated rings. The molecule has 1 aromatic carbocycles. The molecule has 0 saturated carbocycles. The van der Waals surface area contributed by atoms with Crippen molar-refractivity contribution in [2.24, 2.45) is 0 Å². The lowest BCUT2D eigenvalue weighted by Crippen LogP contribution is -2.48. The van der Waals surface area contributed by atoms with Crippen molar-refractivity contribution in [2.45, 2.75) is 0 Å². The molecule has 9 heteroatoms. The molecule has 1 N–H and O–H groups in total. The van der Waals surface area contributed by atoms with E-state index in [1.165, 1.54) is 11.7 Å². The third kappa shape index (κ3) is 8.38. The van der Waals surface area contributed by atoms with Gasteiger partial charge in [-0.05, 0) is 37.0 Å². The summed E-state index contributed by atoms with van der Waals surface area (Å²) in [5.41, 5.74) is 2.15. The van der Waals surface area contributed by atoms with Crippen molar-refractivity contribution in [1.82, 2.24) is 14.7 Å². The van der Waals surface area contributed by atoms with Crippen molar-refractivity contribution in [3.8, 4) is 0 Å². The molecule has 0 bridgehead atoms. The molecular formula is C22H31Cl2N4O2P. The predicted octanol–water partition coefficient (Wildman–Crippen LogP) is 4.22. The maximum Gasteiger partial charge on any atom is 0.321 e. The topological polar surface area (TPSA) is 48.1 Å². The largest absolute Gasteiger partial charge is 0.379 e. The number of likely N-dealkylation sites (N-methyl/N-ethyl adjacent to an activating group) is 1. The SMILES string of the molecule is C1=CC(CN2CCOCC2)=CPC1.CN1CCN(C(=O)Nc2ccc(Cl)c(Cl)c2)CC1. The number of rotatable bonds is 3. The number of carbonyl (C=O) groups excluding carboxylic acids is 1. The Labute approximate surface area is 197 Å². The monoisotopic (exact) mass is 484 g/mol. The number of halogens is 2. The van der Waals surface area contributed by atoms with Crippen LogP contribution < -0.4 is 5.32 Å². The number of morpholine rings is 1. The van der Waals surface area contributed by atoms with Gasteiger partial charge in [0.25, 0.3) is 0 Å². The number of ether oxygens (including phenoxy) is 1. The Balaban J connectivity index is 0.000000185. The first-order valence-electron chi connectivity index (χ1n) is 10.6. The highest BCUT2D eigenvalue weighted by atomic mass is 35.5. The fourth-order valence-corrected chi connectivity index (χ4v) is 4.54. The smallest absolute Gasteiger partial charge is 0.321 e. The van der Waals surface area contributed by atoms with E-state index >= 15 is 0 Å². The minimum absolute atomic E-state index is 0.0958. The average molecular weight is 485 g/mol. The van der Waals surface area contributed by atoms with E-state index in [1.54, 1.807) is 23.1 Å². The zero-order valence-corrected chi connectivity index (χ0v) is 20.5. The van der Waals surface area contributed by atoms with Gasteiger partial charge >= 0.3 is 6.03 Å². The Morgan fingerprint density at radius 3 is 2.48 bits per heavy atom. The van der Waals surface area contributed by atoms with Crippen LogP contribution in [0.4, 0.5) is 10.5 Å². The number of carbonyl (C=O) groups is 1. The number of nitrogens with one attached hydrogen (secondary N) is 1. The van der Waals surface area contributed by atoms with Gasteiger partial charge in [-0.15, -0.1) is 0 Å². The van der Waals surface area contributed by atoms with Gasteiger partial charge in [-0.25, -0.2) is 4.79 Å². The summed E-state index contributed by atoms with van der Waals surface area (Å²) in [5, 5.41) is 3.74. The van der Waals surface area contributed by atoms with Gasteiger partial charge < -0.3 is 19.9 Å². The summed E-state index contributed by atoms with van der Waals surface area (Å²) < 4.78 is 5.31. The summed E-state index contributed by atoms with van der Waals surface area (Å²) in [6.07, 6.45) is 5.80. The van der Waals surface area contributed by atoms with E-state index in [-0.39, 0.29) is 6.03 Å². The lowest BCUT2D eigenvalue weighted by atomic mass is 10.2. The van der Waals surface area contributed by atoms with Crippen molar-refractivity contribution >= 4 is 43.5 Å². The second-order valence-electron chi connectivity index (χ2n) is 7.77. The molecule has 0 aromatic heterocycles. The number of hydrogen-bond acceptors (Lipinski definition) is 4.